The molecule has 1 aromatic rings. The van der Waals surface area contributed by atoms with Crippen molar-refractivity contribution < 1.29 is 18.3 Å². The largest absolute Gasteiger partial charge is 0.421 e. The smallest absolute Gasteiger partial charge is 0.377 e. The highest BCUT2D eigenvalue weighted by Crippen LogP contribution is 2.32. The number of aliphatic hydroxyl groups excluding tert-OH is 1. The number of aliphatic hydroxyl groups is 1. The number of aromatic nitrogens is 2. The highest BCUT2D eigenvalue weighted by Gasteiger charge is 2.42. The van der Waals surface area contributed by atoms with Gasteiger partial charge in [-0.1, -0.05) is 11.6 Å². The van der Waals surface area contributed by atoms with Gasteiger partial charge in [-0.05, 0) is 0 Å². The Balaban J connectivity index is 3.02. The van der Waals surface area contributed by atoms with Crippen LogP contribution in [0.3, 0.4) is 0 Å². The van der Waals surface area contributed by atoms with E-state index in [-0.39, 0.29) is 5.15 Å². The van der Waals surface area contributed by atoms with Crippen LogP contribution in [-0.4, -0.2) is 20.8 Å². The second-order valence-electron chi connectivity index (χ2n) is 2.44. The first kappa shape index (κ1) is 10.3. The molecule has 13 heavy (non-hydrogen) atoms. The third-order valence-electron chi connectivity index (χ3n) is 1.52. The fourth-order valence-corrected chi connectivity index (χ4v) is 0.938. The van der Waals surface area contributed by atoms with Gasteiger partial charge in [0.15, 0.2) is 0 Å². The molecule has 0 aromatic carbocycles. The van der Waals surface area contributed by atoms with Crippen LogP contribution in [0.15, 0.2) is 6.20 Å². The van der Waals surface area contributed by atoms with E-state index < -0.39 is 18.1 Å². The summed E-state index contributed by atoms with van der Waals surface area (Å²) in [6.07, 6.45) is -6.26. The molecule has 0 saturated heterocycles. The number of rotatable bonds is 1. The molecular weight excluding hydrogens is 209 g/mol. The average molecular weight is 215 g/mol. The minimum absolute atomic E-state index is 0.0401. The van der Waals surface area contributed by atoms with Crippen molar-refractivity contribution in [3.63, 3.8) is 0 Å². The molecule has 0 radical (unpaired) electrons. The van der Waals surface area contributed by atoms with Crippen molar-refractivity contribution in [1.82, 2.24) is 9.55 Å². The number of nitrogens with zero attached hydrogens (tertiary/aromatic N) is 2. The molecule has 1 heterocycles. The van der Waals surface area contributed by atoms with Crippen molar-refractivity contribution in [3.05, 3.63) is 17.2 Å². The van der Waals surface area contributed by atoms with Crippen LogP contribution < -0.4 is 0 Å². The predicted octanol–water partition coefficient (Wildman–Crippen LogP) is 1.67. The Labute approximate surface area is 76.8 Å². The van der Waals surface area contributed by atoms with Gasteiger partial charge in [-0.15, -0.1) is 0 Å². The van der Waals surface area contributed by atoms with Gasteiger partial charge in [0.05, 0.1) is 6.20 Å². The number of hydrogen-bond acceptors (Lipinski definition) is 2. The van der Waals surface area contributed by atoms with Crippen molar-refractivity contribution in [2.45, 2.75) is 12.3 Å². The second kappa shape index (κ2) is 3.19. The lowest BCUT2D eigenvalue weighted by molar-refractivity contribution is -0.209. The van der Waals surface area contributed by atoms with E-state index in [0.717, 1.165) is 10.8 Å². The standard InChI is InChI=1S/C6H6ClF3N2O/c1-12-3(7)2-11-5(12)4(13)6(8,9)10/h2,4,13H,1H3. The molecule has 1 N–H and O–H groups in total. The quantitative estimate of drug-likeness (QED) is 0.772. The number of alkyl halides is 3. The van der Waals surface area contributed by atoms with E-state index in [1.54, 1.807) is 0 Å². The van der Waals surface area contributed by atoms with Gasteiger partial charge in [-0.3, -0.25) is 0 Å². The first-order valence-corrected chi connectivity index (χ1v) is 3.63. The highest BCUT2D eigenvalue weighted by atomic mass is 35.5. The molecule has 0 aliphatic heterocycles. The van der Waals surface area contributed by atoms with Crippen LogP contribution in [0, 0.1) is 0 Å². The first-order valence-electron chi connectivity index (χ1n) is 3.26. The zero-order valence-electron chi connectivity index (χ0n) is 6.51. The fraction of sp³-hybridized carbons (Fsp3) is 0.500. The van der Waals surface area contributed by atoms with E-state index in [2.05, 4.69) is 4.98 Å². The van der Waals surface area contributed by atoms with Gasteiger partial charge in [0.2, 0.25) is 6.10 Å². The molecular formula is C6H6ClF3N2O. The van der Waals surface area contributed by atoms with Crippen molar-refractivity contribution in [2.75, 3.05) is 0 Å². The summed E-state index contributed by atoms with van der Waals surface area (Å²) in [4.78, 5) is 3.34. The Morgan fingerprint density at radius 3 is 2.46 bits per heavy atom. The minimum Gasteiger partial charge on any atom is -0.377 e. The molecule has 0 fully saturated rings. The van der Waals surface area contributed by atoms with Gasteiger partial charge in [-0.2, -0.15) is 13.2 Å². The monoisotopic (exact) mass is 214 g/mol. The number of halogens is 4. The Kier molecular flexibility index (Phi) is 2.53. The SMILES string of the molecule is Cn1c(Cl)cnc1C(O)C(F)(F)F. The van der Waals surface area contributed by atoms with Crippen molar-refractivity contribution in [3.8, 4) is 0 Å². The van der Waals surface area contributed by atoms with Gasteiger partial charge in [-0.25, -0.2) is 4.98 Å². The van der Waals surface area contributed by atoms with Crippen molar-refractivity contribution >= 4 is 11.6 Å². The van der Waals surface area contributed by atoms with Crippen LogP contribution in [0.4, 0.5) is 13.2 Å². The van der Waals surface area contributed by atoms with E-state index in [0.29, 0.717) is 0 Å². The average Bonchev–Trinajstić information content (AvgIpc) is 2.30. The maximum Gasteiger partial charge on any atom is 0.421 e. The Bertz CT molecular complexity index is 309. The molecule has 1 atom stereocenters. The third-order valence-corrected chi connectivity index (χ3v) is 1.87. The Morgan fingerprint density at radius 1 is 1.62 bits per heavy atom. The van der Waals surface area contributed by atoms with Crippen molar-refractivity contribution in [1.29, 1.82) is 0 Å². The fourth-order valence-electron chi connectivity index (χ4n) is 0.802. The van der Waals surface area contributed by atoms with Crippen LogP contribution in [0.2, 0.25) is 5.15 Å². The summed E-state index contributed by atoms with van der Waals surface area (Å²) in [7, 11) is 1.29. The topological polar surface area (TPSA) is 38.0 Å². The van der Waals surface area contributed by atoms with Crippen LogP contribution in [0.25, 0.3) is 0 Å². The molecule has 3 nitrogen and oxygen atoms in total. The second-order valence-corrected chi connectivity index (χ2v) is 2.83. The Hall–Kier alpha value is -0.750. The zero-order valence-corrected chi connectivity index (χ0v) is 7.26. The maximum absolute atomic E-state index is 12.0. The zero-order chi connectivity index (χ0) is 10.2. The lowest BCUT2D eigenvalue weighted by atomic mass is 10.3. The van der Waals surface area contributed by atoms with E-state index in [1.165, 1.54) is 7.05 Å². The van der Waals surface area contributed by atoms with Crippen LogP contribution >= 0.6 is 11.6 Å². The number of hydrogen-bond donors (Lipinski definition) is 1. The molecule has 1 rings (SSSR count). The minimum atomic E-state index is -4.72. The normalized spacial score (nSPS) is 14.6. The van der Waals surface area contributed by atoms with E-state index >= 15 is 0 Å². The molecule has 0 spiro atoms. The van der Waals surface area contributed by atoms with Crippen LogP contribution in [0.1, 0.15) is 11.9 Å². The molecule has 74 valence electrons. The van der Waals surface area contributed by atoms with E-state index in [9.17, 15) is 13.2 Å². The summed E-state index contributed by atoms with van der Waals surface area (Å²) >= 11 is 5.45. The lowest BCUT2D eigenvalue weighted by Gasteiger charge is -2.13. The summed E-state index contributed by atoms with van der Waals surface area (Å²) in [6, 6.07) is 0. The number of imidazole rings is 1. The van der Waals surface area contributed by atoms with Gasteiger partial charge in [0.25, 0.3) is 0 Å². The summed E-state index contributed by atoms with van der Waals surface area (Å²) in [5.74, 6) is -0.516. The molecule has 0 bridgehead atoms. The molecule has 0 saturated carbocycles. The van der Waals surface area contributed by atoms with Gasteiger partial charge in [0, 0.05) is 7.05 Å². The van der Waals surface area contributed by atoms with Gasteiger partial charge >= 0.3 is 6.18 Å². The van der Waals surface area contributed by atoms with E-state index in [4.69, 9.17) is 16.7 Å². The molecule has 0 aliphatic rings. The lowest BCUT2D eigenvalue weighted by Crippen LogP contribution is -2.23. The summed E-state index contributed by atoms with van der Waals surface area (Å²) in [6.45, 7) is 0. The van der Waals surface area contributed by atoms with Crippen molar-refractivity contribution in [2.24, 2.45) is 7.05 Å². The van der Waals surface area contributed by atoms with Gasteiger partial charge < -0.3 is 9.67 Å². The van der Waals surface area contributed by atoms with E-state index in [1.807, 2.05) is 0 Å². The Morgan fingerprint density at radius 2 is 2.15 bits per heavy atom. The van der Waals surface area contributed by atoms with Crippen LogP contribution in [0.5, 0.6) is 0 Å². The molecule has 1 aromatic heterocycles. The predicted molar refractivity (Wildman–Crippen MR) is 39.2 cm³/mol. The summed E-state index contributed by atoms with van der Waals surface area (Å²) < 4.78 is 36.9. The highest BCUT2D eigenvalue weighted by molar-refractivity contribution is 6.29. The molecule has 0 amide bonds. The third kappa shape index (κ3) is 1.94. The molecule has 7 heteroatoms. The maximum atomic E-state index is 12.0. The van der Waals surface area contributed by atoms with Gasteiger partial charge in [0.1, 0.15) is 11.0 Å². The summed E-state index contributed by atoms with van der Waals surface area (Å²) in [5, 5.41) is 8.82. The molecule has 0 aliphatic carbocycles. The summed E-state index contributed by atoms with van der Waals surface area (Å²) in [5.41, 5.74) is 0. The van der Waals surface area contributed by atoms with Crippen LogP contribution in [-0.2, 0) is 7.05 Å². The first-order chi connectivity index (χ1) is 5.84. The molecule has 1 unspecified atom stereocenters.